The van der Waals surface area contributed by atoms with Crippen LogP contribution < -0.4 is 5.32 Å². The standard InChI is InChI=1S/C20H26N4O/c1-14-6-3-4-8-17(14)24-18-9-5-7-16(18)19(22-24)20(25)23-12-10-15(21-2)11-13-23/h3-4,6,8,15,21H,5,7,9-13H2,1-2H3. The first-order valence-electron chi connectivity index (χ1n) is 9.32. The Morgan fingerprint density at radius 1 is 1.20 bits per heavy atom. The summed E-state index contributed by atoms with van der Waals surface area (Å²) in [5, 5.41) is 8.11. The van der Waals surface area contributed by atoms with Gasteiger partial charge in [-0.3, -0.25) is 4.79 Å². The zero-order valence-corrected chi connectivity index (χ0v) is 15.1. The number of nitrogens with one attached hydrogen (secondary N) is 1. The summed E-state index contributed by atoms with van der Waals surface area (Å²) in [5.74, 6) is 0.111. The number of para-hydroxylation sites is 1. The van der Waals surface area contributed by atoms with Crippen LogP contribution in [0.5, 0.6) is 0 Å². The number of benzene rings is 1. The van der Waals surface area contributed by atoms with Crippen LogP contribution in [0.15, 0.2) is 24.3 Å². The summed E-state index contributed by atoms with van der Waals surface area (Å²) in [6.07, 6.45) is 5.12. The third-order valence-electron chi connectivity index (χ3n) is 5.67. The van der Waals surface area contributed by atoms with Gasteiger partial charge in [-0.1, -0.05) is 18.2 Å². The van der Waals surface area contributed by atoms with E-state index >= 15 is 0 Å². The van der Waals surface area contributed by atoms with Gasteiger partial charge in [-0.2, -0.15) is 5.10 Å². The van der Waals surface area contributed by atoms with Crippen molar-refractivity contribution in [1.82, 2.24) is 20.0 Å². The third kappa shape index (κ3) is 2.86. The van der Waals surface area contributed by atoms with Gasteiger partial charge in [0.1, 0.15) is 0 Å². The average molecular weight is 338 g/mol. The van der Waals surface area contributed by atoms with Crippen LogP contribution in [0.2, 0.25) is 0 Å². The van der Waals surface area contributed by atoms with Crippen LogP contribution in [0.3, 0.4) is 0 Å². The quantitative estimate of drug-likeness (QED) is 0.935. The molecular formula is C20H26N4O. The number of rotatable bonds is 3. The first kappa shape index (κ1) is 16.3. The molecule has 4 rings (SSSR count). The molecule has 1 aromatic heterocycles. The lowest BCUT2D eigenvalue weighted by atomic mass is 10.0. The number of aromatic nitrogens is 2. The average Bonchev–Trinajstić information content (AvgIpc) is 3.24. The van der Waals surface area contributed by atoms with Crippen molar-refractivity contribution in [2.24, 2.45) is 0 Å². The molecule has 0 saturated carbocycles. The van der Waals surface area contributed by atoms with E-state index < -0.39 is 0 Å². The van der Waals surface area contributed by atoms with Gasteiger partial charge in [0.05, 0.1) is 5.69 Å². The van der Waals surface area contributed by atoms with Crippen molar-refractivity contribution in [3.8, 4) is 5.69 Å². The molecule has 1 aliphatic carbocycles. The lowest BCUT2D eigenvalue weighted by molar-refractivity contribution is 0.0700. The monoisotopic (exact) mass is 338 g/mol. The molecule has 2 aromatic rings. The van der Waals surface area contributed by atoms with Gasteiger partial charge in [-0.05, 0) is 57.7 Å². The fourth-order valence-corrected chi connectivity index (χ4v) is 4.13. The van der Waals surface area contributed by atoms with Crippen LogP contribution in [-0.4, -0.2) is 46.8 Å². The lowest BCUT2D eigenvalue weighted by Gasteiger charge is -2.31. The maximum atomic E-state index is 13.1. The Labute approximate surface area is 149 Å². The normalized spacial score (nSPS) is 17.8. The minimum Gasteiger partial charge on any atom is -0.337 e. The molecular weight excluding hydrogens is 312 g/mol. The number of aryl methyl sites for hydroxylation is 1. The summed E-state index contributed by atoms with van der Waals surface area (Å²) in [6.45, 7) is 3.73. The van der Waals surface area contributed by atoms with Crippen LogP contribution in [0.1, 0.15) is 46.6 Å². The summed E-state index contributed by atoms with van der Waals surface area (Å²) in [5.41, 5.74) is 5.35. The number of hydrogen-bond donors (Lipinski definition) is 1. The van der Waals surface area contributed by atoms with E-state index in [0.717, 1.165) is 50.9 Å². The number of nitrogens with zero attached hydrogens (tertiary/aromatic N) is 3. The summed E-state index contributed by atoms with van der Waals surface area (Å²) in [6, 6.07) is 8.80. The molecule has 1 amide bonds. The Bertz CT molecular complexity index is 787. The van der Waals surface area contributed by atoms with Crippen molar-refractivity contribution in [2.45, 2.75) is 45.1 Å². The van der Waals surface area contributed by atoms with E-state index in [1.807, 2.05) is 28.8 Å². The molecule has 0 unspecified atom stereocenters. The van der Waals surface area contributed by atoms with Gasteiger partial charge in [-0.25, -0.2) is 4.68 Å². The highest BCUT2D eigenvalue weighted by Crippen LogP contribution is 2.30. The van der Waals surface area contributed by atoms with E-state index in [4.69, 9.17) is 5.10 Å². The van der Waals surface area contributed by atoms with Gasteiger partial charge in [0, 0.05) is 30.4 Å². The molecule has 1 N–H and O–H groups in total. The second-order valence-corrected chi connectivity index (χ2v) is 7.18. The van der Waals surface area contributed by atoms with Crippen molar-refractivity contribution in [2.75, 3.05) is 20.1 Å². The molecule has 5 heteroatoms. The minimum atomic E-state index is 0.111. The van der Waals surface area contributed by atoms with E-state index in [2.05, 4.69) is 24.4 Å². The Morgan fingerprint density at radius 3 is 2.68 bits per heavy atom. The van der Waals surface area contributed by atoms with Crippen molar-refractivity contribution in [3.63, 3.8) is 0 Å². The number of piperidine rings is 1. The number of amides is 1. The minimum absolute atomic E-state index is 0.111. The summed E-state index contributed by atoms with van der Waals surface area (Å²) >= 11 is 0. The topological polar surface area (TPSA) is 50.2 Å². The Kier molecular flexibility index (Phi) is 4.34. The molecule has 0 radical (unpaired) electrons. The van der Waals surface area contributed by atoms with Crippen LogP contribution >= 0.6 is 0 Å². The van der Waals surface area contributed by atoms with Gasteiger partial charge < -0.3 is 10.2 Å². The number of fused-ring (bicyclic) bond motifs is 1. The number of carbonyl (C=O) groups excluding carboxylic acids is 1. The van der Waals surface area contributed by atoms with Gasteiger partial charge in [0.2, 0.25) is 0 Å². The molecule has 25 heavy (non-hydrogen) atoms. The molecule has 1 aliphatic heterocycles. The van der Waals surface area contributed by atoms with Gasteiger partial charge in [0.25, 0.3) is 5.91 Å². The van der Waals surface area contributed by atoms with Gasteiger partial charge in [0.15, 0.2) is 5.69 Å². The van der Waals surface area contributed by atoms with Gasteiger partial charge in [-0.15, -0.1) is 0 Å². The number of likely N-dealkylation sites (tertiary alicyclic amines) is 1. The molecule has 132 valence electrons. The molecule has 1 aromatic carbocycles. The van der Waals surface area contributed by atoms with E-state index in [1.165, 1.54) is 16.8 Å². The number of hydrogen-bond acceptors (Lipinski definition) is 3. The highest BCUT2D eigenvalue weighted by Gasteiger charge is 2.31. The van der Waals surface area contributed by atoms with E-state index in [9.17, 15) is 4.79 Å². The second kappa shape index (κ2) is 6.64. The molecule has 2 aliphatic rings. The highest BCUT2D eigenvalue weighted by atomic mass is 16.2. The van der Waals surface area contributed by atoms with E-state index in [0.29, 0.717) is 11.7 Å². The van der Waals surface area contributed by atoms with Gasteiger partial charge >= 0.3 is 0 Å². The van der Waals surface area contributed by atoms with Crippen molar-refractivity contribution in [3.05, 3.63) is 46.8 Å². The van der Waals surface area contributed by atoms with Crippen LogP contribution in [0.4, 0.5) is 0 Å². The van der Waals surface area contributed by atoms with Crippen molar-refractivity contribution >= 4 is 5.91 Å². The van der Waals surface area contributed by atoms with Crippen molar-refractivity contribution in [1.29, 1.82) is 0 Å². The Morgan fingerprint density at radius 2 is 1.96 bits per heavy atom. The Balaban J connectivity index is 1.66. The molecule has 5 nitrogen and oxygen atoms in total. The summed E-state index contributed by atoms with van der Waals surface area (Å²) in [4.78, 5) is 15.1. The van der Waals surface area contributed by atoms with Crippen LogP contribution in [0.25, 0.3) is 5.69 Å². The molecule has 1 fully saturated rings. The number of carbonyl (C=O) groups is 1. The summed E-state index contributed by atoms with van der Waals surface area (Å²) < 4.78 is 2.02. The SMILES string of the molecule is CNC1CCN(C(=O)c2nn(-c3ccccc3C)c3c2CCC3)CC1. The maximum Gasteiger partial charge on any atom is 0.274 e. The zero-order chi connectivity index (χ0) is 17.4. The predicted octanol–water partition coefficient (Wildman–Crippen LogP) is 2.49. The molecule has 1 saturated heterocycles. The highest BCUT2D eigenvalue weighted by molar-refractivity contribution is 5.94. The van der Waals surface area contributed by atoms with Crippen molar-refractivity contribution < 1.29 is 4.79 Å². The third-order valence-corrected chi connectivity index (χ3v) is 5.67. The smallest absolute Gasteiger partial charge is 0.274 e. The fraction of sp³-hybridized carbons (Fsp3) is 0.500. The first-order chi connectivity index (χ1) is 12.2. The molecule has 0 atom stereocenters. The molecule has 2 heterocycles. The van der Waals surface area contributed by atoms with Crippen LogP contribution in [-0.2, 0) is 12.8 Å². The van der Waals surface area contributed by atoms with Crippen LogP contribution in [0, 0.1) is 6.92 Å². The maximum absolute atomic E-state index is 13.1. The zero-order valence-electron chi connectivity index (χ0n) is 15.1. The van der Waals surface area contributed by atoms with E-state index in [-0.39, 0.29) is 5.91 Å². The lowest BCUT2D eigenvalue weighted by Crippen LogP contribution is -2.44. The predicted molar refractivity (Wildman–Crippen MR) is 98.3 cm³/mol. The second-order valence-electron chi connectivity index (χ2n) is 7.18. The fourth-order valence-electron chi connectivity index (χ4n) is 4.13. The first-order valence-corrected chi connectivity index (χ1v) is 9.32. The molecule has 0 bridgehead atoms. The molecule has 0 spiro atoms. The largest absolute Gasteiger partial charge is 0.337 e. The summed E-state index contributed by atoms with van der Waals surface area (Å²) in [7, 11) is 2.00. The van der Waals surface area contributed by atoms with E-state index in [1.54, 1.807) is 0 Å². The Hall–Kier alpha value is -2.14.